The van der Waals surface area contributed by atoms with Crippen molar-refractivity contribution in [3.8, 4) is 5.75 Å². The molecule has 0 spiro atoms. The van der Waals surface area contributed by atoms with Crippen molar-refractivity contribution < 1.29 is 48.5 Å². The molecule has 0 saturated carbocycles. The van der Waals surface area contributed by atoms with Gasteiger partial charge in [0.15, 0.2) is 6.61 Å². The van der Waals surface area contributed by atoms with Gasteiger partial charge in [-0.25, -0.2) is 9.59 Å². The smallest absolute Gasteiger partial charge is 0.372 e. The maximum Gasteiger partial charge on any atom is 0.372 e. The summed E-state index contributed by atoms with van der Waals surface area (Å²) in [6.07, 6.45) is -0.399. The number of para-hydroxylation sites is 1. The molecule has 0 bridgehead atoms. The zero-order valence-electron chi connectivity index (χ0n) is 20.1. The number of esters is 1. The van der Waals surface area contributed by atoms with Crippen LogP contribution in [0, 0.1) is 0 Å². The van der Waals surface area contributed by atoms with Crippen molar-refractivity contribution in [1.82, 2.24) is 5.06 Å². The second kappa shape index (κ2) is 12.8. The SMILES string of the molecule is NCC(=O)N(c1ccccc1)[C@H]1CON(C2(C(=O)O)CCC(=O)O2)C1=O.O=C(O)COc1ccc(Cl)cc1Cl. The lowest BCUT2D eigenvalue weighted by atomic mass is 10.1. The van der Waals surface area contributed by atoms with Crippen LogP contribution in [0.2, 0.25) is 10.0 Å². The lowest BCUT2D eigenvalue weighted by Crippen LogP contribution is -2.57. The maximum atomic E-state index is 12.9. The fraction of sp³-hybridized carbons (Fsp3) is 0.292. The van der Waals surface area contributed by atoms with Crippen LogP contribution in [-0.4, -0.2) is 76.5 Å². The topological polar surface area (TPSA) is 186 Å². The summed E-state index contributed by atoms with van der Waals surface area (Å²) < 4.78 is 9.76. The molecule has 39 heavy (non-hydrogen) atoms. The van der Waals surface area contributed by atoms with Gasteiger partial charge in [-0.1, -0.05) is 41.4 Å². The highest BCUT2D eigenvalue weighted by molar-refractivity contribution is 6.35. The normalized spacial score (nSPS) is 20.1. The first-order chi connectivity index (χ1) is 18.5. The van der Waals surface area contributed by atoms with E-state index in [2.05, 4.69) is 0 Å². The Bertz CT molecular complexity index is 1260. The Morgan fingerprint density at radius 2 is 1.82 bits per heavy atom. The number of carboxylic acids is 2. The molecule has 13 nitrogen and oxygen atoms in total. The first kappa shape index (κ1) is 29.6. The molecule has 2 aliphatic heterocycles. The van der Waals surface area contributed by atoms with Crippen LogP contribution in [0.3, 0.4) is 0 Å². The van der Waals surface area contributed by atoms with E-state index in [-0.39, 0.29) is 26.0 Å². The fourth-order valence-electron chi connectivity index (χ4n) is 3.74. The average molecular weight is 584 g/mol. The first-order valence-electron chi connectivity index (χ1n) is 11.3. The predicted molar refractivity (Wildman–Crippen MR) is 135 cm³/mol. The van der Waals surface area contributed by atoms with Crippen molar-refractivity contribution in [1.29, 1.82) is 0 Å². The quantitative estimate of drug-likeness (QED) is 0.384. The van der Waals surface area contributed by atoms with E-state index in [9.17, 15) is 29.1 Å². The molecule has 0 aliphatic carbocycles. The van der Waals surface area contributed by atoms with E-state index in [1.165, 1.54) is 12.1 Å². The number of cyclic esters (lactones) is 1. The van der Waals surface area contributed by atoms with E-state index in [0.717, 1.165) is 4.90 Å². The van der Waals surface area contributed by atoms with Crippen molar-refractivity contribution >= 4 is 58.6 Å². The Kier molecular flexibility index (Phi) is 9.70. The van der Waals surface area contributed by atoms with Crippen LogP contribution in [0.5, 0.6) is 5.75 Å². The second-order valence-corrected chi connectivity index (χ2v) is 8.91. The number of amides is 2. The first-order valence-corrected chi connectivity index (χ1v) is 12.0. The Balaban J connectivity index is 0.000000272. The molecule has 0 radical (unpaired) electrons. The lowest BCUT2D eigenvalue weighted by Gasteiger charge is -2.31. The molecule has 2 aromatic rings. The number of hydroxylamine groups is 2. The molecule has 0 aromatic heterocycles. The van der Waals surface area contributed by atoms with E-state index in [0.29, 0.717) is 26.5 Å². The van der Waals surface area contributed by atoms with Crippen LogP contribution < -0.4 is 15.4 Å². The summed E-state index contributed by atoms with van der Waals surface area (Å²) in [5.74, 6) is -4.33. The third kappa shape index (κ3) is 6.75. The zero-order valence-corrected chi connectivity index (χ0v) is 21.6. The van der Waals surface area contributed by atoms with Gasteiger partial charge < -0.3 is 25.4 Å². The molecule has 2 heterocycles. The zero-order chi connectivity index (χ0) is 28.7. The van der Waals surface area contributed by atoms with E-state index in [1.54, 1.807) is 36.4 Å². The summed E-state index contributed by atoms with van der Waals surface area (Å²) in [5.41, 5.74) is 3.64. The highest BCUT2D eigenvalue weighted by atomic mass is 35.5. The number of ether oxygens (including phenoxy) is 2. The van der Waals surface area contributed by atoms with Crippen molar-refractivity contribution in [3.05, 3.63) is 58.6 Å². The standard InChI is InChI=1S/C16H17N3O7.C8H6Cl2O3/c17-8-12(20)18(10-4-2-1-3-5-10)11-9-25-19(14(11)22)16(15(23)24)7-6-13(21)26-16;9-5-1-2-7(6(10)3-5)13-4-8(11)12/h1-5,11H,6-9,17H2,(H,23,24);1-3H,4H2,(H,11,12)/t11-,16?;/m0./s1. The minimum absolute atomic E-state index is 0.158. The Hall–Kier alpha value is -3.91. The summed E-state index contributed by atoms with van der Waals surface area (Å²) in [4.78, 5) is 64.9. The molecule has 2 aliphatic rings. The van der Waals surface area contributed by atoms with Gasteiger partial charge in [0.05, 0.1) is 18.0 Å². The van der Waals surface area contributed by atoms with Gasteiger partial charge in [0.1, 0.15) is 18.4 Å². The van der Waals surface area contributed by atoms with E-state index < -0.39 is 48.1 Å². The van der Waals surface area contributed by atoms with Crippen LogP contribution in [0.4, 0.5) is 5.69 Å². The van der Waals surface area contributed by atoms with Gasteiger partial charge in [0.25, 0.3) is 5.91 Å². The largest absolute Gasteiger partial charge is 0.480 e. The van der Waals surface area contributed by atoms with E-state index in [1.807, 2.05) is 0 Å². The van der Waals surface area contributed by atoms with E-state index >= 15 is 0 Å². The van der Waals surface area contributed by atoms with Gasteiger partial charge in [-0.3, -0.25) is 24.1 Å². The molecule has 2 amide bonds. The van der Waals surface area contributed by atoms with E-state index in [4.69, 9.17) is 48.4 Å². The van der Waals surface area contributed by atoms with Crippen molar-refractivity contribution in [2.45, 2.75) is 24.6 Å². The number of anilines is 1. The third-order valence-electron chi connectivity index (χ3n) is 5.49. The van der Waals surface area contributed by atoms with Gasteiger partial charge in [0.2, 0.25) is 5.91 Å². The number of benzene rings is 2. The van der Waals surface area contributed by atoms with Gasteiger partial charge in [-0.15, -0.1) is 0 Å². The maximum absolute atomic E-state index is 12.9. The molecule has 2 fully saturated rings. The highest BCUT2D eigenvalue weighted by Crippen LogP contribution is 2.35. The average Bonchev–Trinajstić information content (AvgIpc) is 3.48. The molecule has 208 valence electrons. The molecule has 2 atom stereocenters. The summed E-state index contributed by atoms with van der Waals surface area (Å²) >= 11 is 11.3. The summed E-state index contributed by atoms with van der Waals surface area (Å²) in [6.45, 7) is -1.05. The fourth-order valence-corrected chi connectivity index (χ4v) is 4.20. The number of aliphatic carboxylic acids is 2. The van der Waals surface area contributed by atoms with Crippen molar-refractivity contribution in [3.63, 3.8) is 0 Å². The minimum Gasteiger partial charge on any atom is -0.480 e. The number of halogens is 2. The van der Waals surface area contributed by atoms with Gasteiger partial charge in [0, 0.05) is 17.1 Å². The number of rotatable bonds is 8. The number of hydrogen-bond donors (Lipinski definition) is 3. The van der Waals surface area contributed by atoms with Gasteiger partial charge in [-0.05, 0) is 30.3 Å². The highest BCUT2D eigenvalue weighted by Gasteiger charge is 2.60. The number of hydrogen-bond acceptors (Lipinski definition) is 9. The summed E-state index contributed by atoms with van der Waals surface area (Å²) in [6, 6.07) is 11.8. The van der Waals surface area contributed by atoms with Crippen LogP contribution in [0.25, 0.3) is 0 Å². The molecule has 15 heteroatoms. The Morgan fingerprint density at radius 1 is 1.13 bits per heavy atom. The minimum atomic E-state index is -2.23. The molecule has 4 N–H and O–H groups in total. The predicted octanol–water partition coefficient (Wildman–Crippen LogP) is 1.70. The Morgan fingerprint density at radius 3 is 2.36 bits per heavy atom. The lowest BCUT2D eigenvalue weighted by molar-refractivity contribution is -0.256. The molecule has 4 rings (SSSR count). The molecular weight excluding hydrogens is 561 g/mol. The molecule has 2 aromatic carbocycles. The number of carbonyl (C=O) groups is 5. The monoisotopic (exact) mass is 583 g/mol. The molecule has 2 saturated heterocycles. The van der Waals surface area contributed by atoms with Crippen molar-refractivity contribution in [2.75, 3.05) is 24.7 Å². The van der Waals surface area contributed by atoms with Crippen LogP contribution in [0.15, 0.2) is 48.5 Å². The summed E-state index contributed by atoms with van der Waals surface area (Å²) in [7, 11) is 0. The van der Waals surface area contributed by atoms with Crippen LogP contribution in [-0.2, 0) is 33.5 Å². The van der Waals surface area contributed by atoms with Gasteiger partial charge in [-0.2, -0.15) is 5.06 Å². The number of nitrogens with zero attached hydrogens (tertiary/aromatic N) is 2. The molecular formula is C24H23Cl2N3O10. The number of carbonyl (C=O) groups excluding carboxylic acids is 3. The second-order valence-electron chi connectivity index (χ2n) is 8.07. The number of nitrogens with two attached hydrogens (primary N) is 1. The Labute approximate surface area is 231 Å². The number of carboxylic acid groups (broad SMARTS) is 2. The summed E-state index contributed by atoms with van der Waals surface area (Å²) in [5, 5.41) is 19.2. The van der Waals surface area contributed by atoms with Crippen LogP contribution >= 0.6 is 23.2 Å². The third-order valence-corrected chi connectivity index (χ3v) is 6.02. The molecule has 1 unspecified atom stereocenters. The van der Waals surface area contributed by atoms with Crippen LogP contribution in [0.1, 0.15) is 12.8 Å². The van der Waals surface area contributed by atoms with Gasteiger partial charge >= 0.3 is 23.6 Å². The van der Waals surface area contributed by atoms with Crippen molar-refractivity contribution in [2.24, 2.45) is 5.73 Å².